The van der Waals surface area contributed by atoms with Crippen LogP contribution in [0, 0.1) is 6.92 Å². The molecule has 27 heavy (non-hydrogen) atoms. The third kappa shape index (κ3) is 5.17. The molecule has 0 unspecified atom stereocenters. The highest BCUT2D eigenvalue weighted by Gasteiger charge is 2.07. The van der Waals surface area contributed by atoms with E-state index in [0.717, 1.165) is 23.6 Å². The van der Waals surface area contributed by atoms with Crippen LogP contribution in [-0.2, 0) is 6.54 Å². The first-order valence-corrected chi connectivity index (χ1v) is 9.15. The average molecular weight is 363 g/mol. The number of pyridine rings is 1. The van der Waals surface area contributed by atoms with Crippen LogP contribution in [0.1, 0.15) is 36.2 Å². The van der Waals surface area contributed by atoms with E-state index in [1.165, 1.54) is 5.56 Å². The maximum absolute atomic E-state index is 12.0. The molecule has 0 saturated heterocycles. The predicted octanol–water partition coefficient (Wildman–Crippen LogP) is 3.57. The Labute approximate surface area is 159 Å². The van der Waals surface area contributed by atoms with Gasteiger partial charge < -0.3 is 10.6 Å². The lowest BCUT2D eigenvalue weighted by Gasteiger charge is -2.13. The maximum atomic E-state index is 12.0. The van der Waals surface area contributed by atoms with Gasteiger partial charge in [0.1, 0.15) is 11.6 Å². The van der Waals surface area contributed by atoms with Crippen molar-refractivity contribution in [1.82, 2.24) is 25.2 Å². The number of amides is 2. The summed E-state index contributed by atoms with van der Waals surface area (Å²) in [7, 11) is 0. The Kier molecular flexibility index (Phi) is 6.20. The normalized spacial score (nSPS) is 11.8. The molecule has 2 aromatic heterocycles. The Bertz CT molecular complexity index is 858. The summed E-state index contributed by atoms with van der Waals surface area (Å²) in [6.07, 6.45) is 6.29. The lowest BCUT2D eigenvalue weighted by molar-refractivity contribution is 0.240. The van der Waals surface area contributed by atoms with Crippen LogP contribution in [0.2, 0.25) is 0 Å². The third-order valence-electron chi connectivity index (χ3n) is 4.57. The SMILES string of the molecule is Cc1nccn1-c1ccc(CNC(=O)NCC[C@H](C)c2ccccc2)cn1. The first-order valence-electron chi connectivity index (χ1n) is 9.15. The summed E-state index contributed by atoms with van der Waals surface area (Å²) < 4.78 is 1.91. The molecule has 0 spiro atoms. The van der Waals surface area contributed by atoms with E-state index >= 15 is 0 Å². The van der Waals surface area contributed by atoms with Gasteiger partial charge in [-0.2, -0.15) is 0 Å². The summed E-state index contributed by atoms with van der Waals surface area (Å²) in [5, 5.41) is 5.78. The largest absolute Gasteiger partial charge is 0.338 e. The summed E-state index contributed by atoms with van der Waals surface area (Å²) in [6, 6.07) is 14.0. The van der Waals surface area contributed by atoms with Crippen molar-refractivity contribution in [2.24, 2.45) is 0 Å². The molecule has 2 N–H and O–H groups in total. The van der Waals surface area contributed by atoms with Gasteiger partial charge in [-0.1, -0.05) is 43.3 Å². The van der Waals surface area contributed by atoms with Crippen LogP contribution in [0.4, 0.5) is 4.79 Å². The highest BCUT2D eigenvalue weighted by molar-refractivity contribution is 5.73. The summed E-state index contributed by atoms with van der Waals surface area (Å²) in [5.74, 6) is 2.11. The van der Waals surface area contributed by atoms with Crippen molar-refractivity contribution >= 4 is 6.03 Å². The minimum atomic E-state index is -0.162. The van der Waals surface area contributed by atoms with Crippen LogP contribution in [-0.4, -0.2) is 27.1 Å². The zero-order valence-electron chi connectivity index (χ0n) is 15.7. The molecule has 0 bridgehead atoms. The van der Waals surface area contributed by atoms with Gasteiger partial charge in [0.2, 0.25) is 0 Å². The summed E-state index contributed by atoms with van der Waals surface area (Å²) in [4.78, 5) is 20.6. The molecule has 2 heterocycles. The number of nitrogens with zero attached hydrogens (tertiary/aromatic N) is 3. The van der Waals surface area contributed by atoms with Crippen molar-refractivity contribution < 1.29 is 4.79 Å². The molecule has 2 amide bonds. The molecular formula is C21H25N5O. The Morgan fingerprint density at radius 3 is 2.59 bits per heavy atom. The second kappa shape index (κ2) is 8.98. The van der Waals surface area contributed by atoms with Crippen molar-refractivity contribution in [2.75, 3.05) is 6.54 Å². The van der Waals surface area contributed by atoms with Crippen molar-refractivity contribution in [3.8, 4) is 5.82 Å². The number of hydrogen-bond donors (Lipinski definition) is 2. The van der Waals surface area contributed by atoms with Gasteiger partial charge in [0.05, 0.1) is 0 Å². The van der Waals surface area contributed by atoms with Crippen molar-refractivity contribution in [2.45, 2.75) is 32.7 Å². The smallest absolute Gasteiger partial charge is 0.315 e. The van der Waals surface area contributed by atoms with Gasteiger partial charge in [-0.05, 0) is 36.5 Å². The quantitative estimate of drug-likeness (QED) is 0.674. The number of aromatic nitrogens is 3. The highest BCUT2D eigenvalue weighted by Crippen LogP contribution is 2.17. The van der Waals surface area contributed by atoms with E-state index in [-0.39, 0.29) is 6.03 Å². The van der Waals surface area contributed by atoms with Gasteiger partial charge in [-0.15, -0.1) is 0 Å². The molecule has 0 radical (unpaired) electrons. The predicted molar refractivity (Wildman–Crippen MR) is 106 cm³/mol. The lowest BCUT2D eigenvalue weighted by Crippen LogP contribution is -2.35. The average Bonchev–Trinajstić information content (AvgIpc) is 3.13. The number of nitrogens with one attached hydrogen (secondary N) is 2. The zero-order valence-corrected chi connectivity index (χ0v) is 15.7. The molecule has 0 aliphatic rings. The molecule has 6 nitrogen and oxygen atoms in total. The van der Waals surface area contributed by atoms with E-state index in [2.05, 4.69) is 39.7 Å². The number of urea groups is 1. The van der Waals surface area contributed by atoms with Crippen molar-refractivity contribution in [3.05, 3.63) is 78.0 Å². The van der Waals surface area contributed by atoms with Crippen LogP contribution in [0.3, 0.4) is 0 Å². The molecule has 0 aliphatic heterocycles. The Hall–Kier alpha value is -3.15. The van der Waals surface area contributed by atoms with Gasteiger partial charge in [0.25, 0.3) is 0 Å². The van der Waals surface area contributed by atoms with E-state index in [0.29, 0.717) is 19.0 Å². The molecule has 140 valence electrons. The fourth-order valence-corrected chi connectivity index (χ4v) is 2.88. The molecule has 1 aromatic carbocycles. The molecule has 3 aromatic rings. The molecule has 0 aliphatic carbocycles. The summed E-state index contributed by atoms with van der Waals surface area (Å²) in [5.41, 5.74) is 2.24. The standard InChI is InChI=1S/C21H25N5O/c1-16(19-6-4-3-5-7-19)10-11-23-21(27)25-15-18-8-9-20(24-14-18)26-13-12-22-17(26)2/h3-9,12-14,16H,10-11,15H2,1-2H3,(H2,23,25,27)/t16-/m0/s1. The van der Waals surface area contributed by atoms with Crippen LogP contribution in [0.15, 0.2) is 61.1 Å². The number of aryl methyl sites for hydroxylation is 1. The number of rotatable bonds is 7. The molecule has 0 saturated carbocycles. The number of carbonyl (C=O) groups is 1. The first kappa shape index (κ1) is 18.6. The lowest BCUT2D eigenvalue weighted by atomic mass is 9.98. The Balaban J connectivity index is 1.41. The summed E-state index contributed by atoms with van der Waals surface area (Å²) >= 11 is 0. The van der Waals surface area contributed by atoms with Crippen molar-refractivity contribution in [1.29, 1.82) is 0 Å². The van der Waals surface area contributed by atoms with Crippen LogP contribution in [0.25, 0.3) is 5.82 Å². The van der Waals surface area contributed by atoms with Gasteiger partial charge in [-0.3, -0.25) is 4.57 Å². The second-order valence-electron chi connectivity index (χ2n) is 6.58. The number of benzene rings is 1. The van der Waals surface area contributed by atoms with E-state index in [9.17, 15) is 4.79 Å². The van der Waals surface area contributed by atoms with Gasteiger partial charge in [0.15, 0.2) is 0 Å². The topological polar surface area (TPSA) is 71.8 Å². The van der Waals surface area contributed by atoms with Crippen LogP contribution < -0.4 is 10.6 Å². The monoisotopic (exact) mass is 363 g/mol. The van der Waals surface area contributed by atoms with Gasteiger partial charge in [0, 0.05) is 31.7 Å². The minimum absolute atomic E-state index is 0.162. The first-order chi connectivity index (χ1) is 13.1. The fraction of sp³-hybridized carbons (Fsp3) is 0.286. The van der Waals surface area contributed by atoms with E-state index in [1.54, 1.807) is 12.4 Å². The summed E-state index contributed by atoms with van der Waals surface area (Å²) in [6.45, 7) is 5.18. The van der Waals surface area contributed by atoms with Crippen LogP contribution in [0.5, 0.6) is 0 Å². The third-order valence-corrected chi connectivity index (χ3v) is 4.57. The number of hydrogen-bond acceptors (Lipinski definition) is 3. The molecule has 0 fully saturated rings. The van der Waals surface area contributed by atoms with Gasteiger partial charge >= 0.3 is 6.03 Å². The molecule has 6 heteroatoms. The zero-order chi connectivity index (χ0) is 19.1. The second-order valence-corrected chi connectivity index (χ2v) is 6.58. The van der Waals surface area contributed by atoms with Crippen LogP contribution >= 0.6 is 0 Å². The molecule has 3 rings (SSSR count). The molecular weight excluding hydrogens is 338 g/mol. The van der Waals surface area contributed by atoms with E-state index in [1.807, 2.05) is 48.0 Å². The maximum Gasteiger partial charge on any atom is 0.315 e. The Morgan fingerprint density at radius 1 is 1.11 bits per heavy atom. The van der Waals surface area contributed by atoms with Gasteiger partial charge in [-0.25, -0.2) is 14.8 Å². The fourth-order valence-electron chi connectivity index (χ4n) is 2.88. The number of imidazole rings is 1. The minimum Gasteiger partial charge on any atom is -0.338 e. The molecule has 1 atom stereocenters. The Morgan fingerprint density at radius 2 is 1.93 bits per heavy atom. The van der Waals surface area contributed by atoms with E-state index < -0.39 is 0 Å². The van der Waals surface area contributed by atoms with E-state index in [4.69, 9.17) is 0 Å². The highest BCUT2D eigenvalue weighted by atomic mass is 16.2. The van der Waals surface area contributed by atoms with Crippen molar-refractivity contribution in [3.63, 3.8) is 0 Å². The number of carbonyl (C=O) groups excluding carboxylic acids is 1.